The lowest BCUT2D eigenvalue weighted by molar-refractivity contribution is 0.0653. The van der Waals surface area contributed by atoms with E-state index in [2.05, 4.69) is 5.32 Å². The first-order valence-corrected chi connectivity index (χ1v) is 6.24. The highest BCUT2D eigenvalue weighted by Crippen LogP contribution is 2.51. The van der Waals surface area contributed by atoms with Crippen molar-refractivity contribution in [3.8, 4) is 0 Å². The Kier molecular flexibility index (Phi) is 2.50. The summed E-state index contributed by atoms with van der Waals surface area (Å²) in [6.45, 7) is 3.23. The molecule has 3 atom stereocenters. The second-order valence-electron chi connectivity index (χ2n) is 5.31. The first kappa shape index (κ1) is 9.17. The molecule has 3 rings (SSSR count). The topological polar surface area (TPSA) is 21.3 Å². The van der Waals surface area contributed by atoms with E-state index in [1.165, 1.54) is 38.6 Å². The molecule has 1 heterocycles. The monoisotopic (exact) mass is 195 g/mol. The minimum atomic E-state index is 0.878. The van der Waals surface area contributed by atoms with Crippen LogP contribution in [0.1, 0.15) is 32.1 Å². The van der Waals surface area contributed by atoms with E-state index in [-0.39, 0.29) is 0 Å². The zero-order chi connectivity index (χ0) is 9.38. The van der Waals surface area contributed by atoms with Crippen molar-refractivity contribution in [3.05, 3.63) is 0 Å². The van der Waals surface area contributed by atoms with Crippen LogP contribution in [0, 0.1) is 17.8 Å². The van der Waals surface area contributed by atoms with Gasteiger partial charge in [-0.15, -0.1) is 0 Å². The second-order valence-corrected chi connectivity index (χ2v) is 5.31. The highest BCUT2D eigenvalue weighted by Gasteiger charge is 2.47. The lowest BCUT2D eigenvalue weighted by Gasteiger charge is -2.24. The summed E-state index contributed by atoms with van der Waals surface area (Å²) in [5.41, 5.74) is 0. The second kappa shape index (κ2) is 3.82. The van der Waals surface area contributed by atoms with Crippen molar-refractivity contribution in [2.75, 3.05) is 19.8 Å². The van der Waals surface area contributed by atoms with Gasteiger partial charge in [-0.2, -0.15) is 0 Å². The fourth-order valence-electron chi connectivity index (χ4n) is 3.23. The predicted octanol–water partition coefficient (Wildman–Crippen LogP) is 1.80. The Hall–Kier alpha value is -0.0800. The van der Waals surface area contributed by atoms with E-state index < -0.39 is 0 Å². The SMILES string of the molecule is C1CC(CNC2CC[C@@H]3C[C@H]23)CCO1. The fourth-order valence-corrected chi connectivity index (χ4v) is 3.23. The van der Waals surface area contributed by atoms with Crippen LogP contribution in [0.25, 0.3) is 0 Å². The highest BCUT2D eigenvalue weighted by molar-refractivity contribution is 5.01. The van der Waals surface area contributed by atoms with Crippen molar-refractivity contribution in [3.63, 3.8) is 0 Å². The Morgan fingerprint density at radius 2 is 1.93 bits per heavy atom. The van der Waals surface area contributed by atoms with Crippen LogP contribution >= 0.6 is 0 Å². The standard InChI is InChI=1S/C12H21NO/c1-2-12(11-7-10(1)11)13-8-9-3-5-14-6-4-9/h9-13H,1-8H2/t10-,11+,12?/m1/s1. The quantitative estimate of drug-likeness (QED) is 0.741. The summed E-state index contributed by atoms with van der Waals surface area (Å²) in [6.07, 6.45) is 7.00. The van der Waals surface area contributed by atoms with Gasteiger partial charge in [0, 0.05) is 19.3 Å². The van der Waals surface area contributed by atoms with Crippen molar-refractivity contribution in [1.29, 1.82) is 0 Å². The van der Waals surface area contributed by atoms with Crippen LogP contribution in [-0.2, 0) is 4.74 Å². The van der Waals surface area contributed by atoms with Crippen LogP contribution in [0.5, 0.6) is 0 Å². The van der Waals surface area contributed by atoms with Gasteiger partial charge in [0.1, 0.15) is 0 Å². The van der Waals surface area contributed by atoms with Gasteiger partial charge in [-0.3, -0.25) is 0 Å². The van der Waals surface area contributed by atoms with Gasteiger partial charge in [0.05, 0.1) is 0 Å². The van der Waals surface area contributed by atoms with Gasteiger partial charge in [-0.1, -0.05) is 0 Å². The molecule has 0 bridgehead atoms. The highest BCUT2D eigenvalue weighted by atomic mass is 16.5. The lowest BCUT2D eigenvalue weighted by atomic mass is 9.99. The Morgan fingerprint density at radius 1 is 1.07 bits per heavy atom. The van der Waals surface area contributed by atoms with Crippen LogP contribution in [0.3, 0.4) is 0 Å². The molecule has 1 unspecified atom stereocenters. The Morgan fingerprint density at radius 3 is 2.57 bits per heavy atom. The number of ether oxygens (including phenoxy) is 1. The van der Waals surface area contributed by atoms with Gasteiger partial charge < -0.3 is 10.1 Å². The third-order valence-corrected chi connectivity index (χ3v) is 4.35. The summed E-state index contributed by atoms with van der Waals surface area (Å²) < 4.78 is 5.37. The minimum absolute atomic E-state index is 0.878. The molecule has 2 saturated carbocycles. The molecule has 2 aliphatic carbocycles. The zero-order valence-corrected chi connectivity index (χ0v) is 8.87. The summed E-state index contributed by atoms with van der Waals surface area (Å²) >= 11 is 0. The van der Waals surface area contributed by atoms with Crippen LogP contribution < -0.4 is 5.32 Å². The Bertz CT molecular complexity index is 200. The number of fused-ring (bicyclic) bond motifs is 1. The molecular weight excluding hydrogens is 174 g/mol. The molecule has 3 aliphatic rings. The fraction of sp³-hybridized carbons (Fsp3) is 1.00. The molecule has 80 valence electrons. The summed E-state index contributed by atoms with van der Waals surface area (Å²) in [7, 11) is 0. The molecule has 0 aromatic carbocycles. The molecule has 0 spiro atoms. The minimum Gasteiger partial charge on any atom is -0.381 e. The molecular formula is C12H21NO. The van der Waals surface area contributed by atoms with Crippen LogP contribution in [0.15, 0.2) is 0 Å². The molecule has 14 heavy (non-hydrogen) atoms. The maximum absolute atomic E-state index is 5.37. The van der Waals surface area contributed by atoms with Crippen molar-refractivity contribution < 1.29 is 4.74 Å². The van der Waals surface area contributed by atoms with Crippen LogP contribution in [0.2, 0.25) is 0 Å². The average molecular weight is 195 g/mol. The van der Waals surface area contributed by atoms with E-state index in [0.29, 0.717) is 0 Å². The molecule has 1 N–H and O–H groups in total. The molecule has 0 aromatic heterocycles. The van der Waals surface area contributed by atoms with Gasteiger partial charge in [-0.05, 0) is 56.4 Å². The van der Waals surface area contributed by atoms with Crippen molar-refractivity contribution in [1.82, 2.24) is 5.32 Å². The first-order chi connectivity index (χ1) is 6.93. The van der Waals surface area contributed by atoms with E-state index >= 15 is 0 Å². The molecule has 0 radical (unpaired) electrons. The van der Waals surface area contributed by atoms with Crippen molar-refractivity contribution >= 4 is 0 Å². The molecule has 2 heteroatoms. The van der Waals surface area contributed by atoms with Crippen molar-refractivity contribution in [2.45, 2.75) is 38.1 Å². The molecule has 1 aliphatic heterocycles. The smallest absolute Gasteiger partial charge is 0.0469 e. The third-order valence-electron chi connectivity index (χ3n) is 4.35. The lowest BCUT2D eigenvalue weighted by Crippen LogP contribution is -2.35. The van der Waals surface area contributed by atoms with Gasteiger partial charge in [0.2, 0.25) is 0 Å². The van der Waals surface area contributed by atoms with Crippen LogP contribution in [0.4, 0.5) is 0 Å². The third kappa shape index (κ3) is 1.82. The Labute approximate surface area is 86.4 Å². The van der Waals surface area contributed by atoms with Gasteiger partial charge in [0.15, 0.2) is 0 Å². The normalized spacial score (nSPS) is 42.4. The molecule has 0 amide bonds. The predicted molar refractivity (Wildman–Crippen MR) is 56.2 cm³/mol. The Balaban J connectivity index is 1.40. The van der Waals surface area contributed by atoms with Gasteiger partial charge in [-0.25, -0.2) is 0 Å². The zero-order valence-electron chi connectivity index (χ0n) is 8.87. The van der Waals surface area contributed by atoms with E-state index in [1.807, 2.05) is 0 Å². The average Bonchev–Trinajstić information content (AvgIpc) is 2.92. The largest absolute Gasteiger partial charge is 0.381 e. The number of rotatable bonds is 3. The summed E-state index contributed by atoms with van der Waals surface area (Å²) in [5, 5.41) is 3.79. The van der Waals surface area contributed by atoms with Gasteiger partial charge in [0.25, 0.3) is 0 Å². The maximum atomic E-state index is 5.37. The number of hydrogen-bond acceptors (Lipinski definition) is 2. The van der Waals surface area contributed by atoms with E-state index in [9.17, 15) is 0 Å². The molecule has 0 aromatic rings. The van der Waals surface area contributed by atoms with Gasteiger partial charge >= 0.3 is 0 Å². The van der Waals surface area contributed by atoms with E-state index in [4.69, 9.17) is 4.74 Å². The number of nitrogens with one attached hydrogen (secondary N) is 1. The molecule has 3 fully saturated rings. The summed E-state index contributed by atoms with van der Waals surface area (Å²) in [4.78, 5) is 0. The van der Waals surface area contributed by atoms with Crippen LogP contribution in [-0.4, -0.2) is 25.8 Å². The number of hydrogen-bond donors (Lipinski definition) is 1. The molecule has 1 saturated heterocycles. The first-order valence-electron chi connectivity index (χ1n) is 6.24. The van der Waals surface area contributed by atoms with Crippen molar-refractivity contribution in [2.24, 2.45) is 17.8 Å². The van der Waals surface area contributed by atoms with E-state index in [1.54, 1.807) is 0 Å². The summed E-state index contributed by atoms with van der Waals surface area (Å²) in [6, 6.07) is 0.878. The van der Waals surface area contributed by atoms with E-state index in [0.717, 1.165) is 37.0 Å². The summed E-state index contributed by atoms with van der Waals surface area (Å²) in [5.74, 6) is 3.07. The maximum Gasteiger partial charge on any atom is 0.0469 e. The molecule has 2 nitrogen and oxygen atoms in total.